The summed E-state index contributed by atoms with van der Waals surface area (Å²) in [5.74, 6) is 1.28. The number of para-hydroxylation sites is 1. The lowest BCUT2D eigenvalue weighted by Gasteiger charge is -2.19. The highest BCUT2D eigenvalue weighted by Gasteiger charge is 2.20. The number of benzene rings is 1. The zero-order chi connectivity index (χ0) is 11.0. The molecule has 4 nitrogen and oxygen atoms in total. The predicted molar refractivity (Wildman–Crippen MR) is 63.3 cm³/mol. The monoisotopic (exact) mass is 217 g/mol. The van der Waals surface area contributed by atoms with Crippen molar-refractivity contribution in [3.05, 3.63) is 24.1 Å². The largest absolute Gasteiger partial charge is 0.440 e. The first-order chi connectivity index (χ1) is 7.84. The number of hydrogen-bond donors (Lipinski definition) is 2. The number of rotatable bonds is 1. The summed E-state index contributed by atoms with van der Waals surface area (Å²) < 4.78 is 5.77. The van der Waals surface area contributed by atoms with Gasteiger partial charge in [0.05, 0.1) is 5.69 Å². The summed E-state index contributed by atoms with van der Waals surface area (Å²) in [6.45, 7) is 2.08. The Bertz CT molecular complexity index is 500. The molecule has 0 bridgehead atoms. The van der Waals surface area contributed by atoms with Gasteiger partial charge in [0, 0.05) is 5.92 Å². The van der Waals surface area contributed by atoms with E-state index in [1.807, 2.05) is 18.2 Å². The fourth-order valence-electron chi connectivity index (χ4n) is 2.23. The van der Waals surface area contributed by atoms with E-state index >= 15 is 0 Å². The zero-order valence-corrected chi connectivity index (χ0v) is 9.07. The minimum absolute atomic E-state index is 0.438. The zero-order valence-electron chi connectivity index (χ0n) is 9.07. The van der Waals surface area contributed by atoms with Crippen LogP contribution in [0.5, 0.6) is 0 Å². The lowest BCUT2D eigenvalue weighted by atomic mass is 9.98. The molecular formula is C12H15N3O. The number of nitrogens with two attached hydrogens (primary N) is 1. The molecule has 0 amide bonds. The smallest absolute Gasteiger partial charge is 0.198 e. The summed E-state index contributed by atoms with van der Waals surface area (Å²) in [6.07, 6.45) is 2.18. The maximum Gasteiger partial charge on any atom is 0.198 e. The Morgan fingerprint density at radius 1 is 1.31 bits per heavy atom. The van der Waals surface area contributed by atoms with Gasteiger partial charge in [-0.2, -0.15) is 0 Å². The predicted octanol–water partition coefficient (Wildman–Crippen LogP) is 1.88. The second-order valence-corrected chi connectivity index (χ2v) is 4.27. The molecule has 1 fully saturated rings. The molecule has 0 spiro atoms. The molecule has 0 saturated carbocycles. The fraction of sp³-hybridized carbons (Fsp3) is 0.417. The van der Waals surface area contributed by atoms with E-state index in [0.717, 1.165) is 42.9 Å². The molecule has 0 aliphatic carbocycles. The summed E-state index contributed by atoms with van der Waals surface area (Å²) in [7, 11) is 0. The van der Waals surface area contributed by atoms with Crippen molar-refractivity contribution < 1.29 is 4.42 Å². The molecule has 0 atom stereocenters. The van der Waals surface area contributed by atoms with Crippen LogP contribution < -0.4 is 11.1 Å². The van der Waals surface area contributed by atoms with E-state index in [-0.39, 0.29) is 0 Å². The second-order valence-electron chi connectivity index (χ2n) is 4.27. The number of piperidine rings is 1. The molecule has 0 radical (unpaired) electrons. The molecule has 2 heterocycles. The SMILES string of the molecule is Nc1cccc2oc(C3CCNCC3)nc12. The number of oxazole rings is 1. The second kappa shape index (κ2) is 3.79. The van der Waals surface area contributed by atoms with Gasteiger partial charge < -0.3 is 15.5 Å². The Kier molecular flexibility index (Phi) is 2.29. The van der Waals surface area contributed by atoms with Crippen molar-refractivity contribution in [2.24, 2.45) is 0 Å². The third-order valence-electron chi connectivity index (χ3n) is 3.16. The maximum atomic E-state index is 5.86. The van der Waals surface area contributed by atoms with Gasteiger partial charge in [0.15, 0.2) is 11.5 Å². The Balaban J connectivity index is 2.01. The van der Waals surface area contributed by atoms with Gasteiger partial charge in [-0.05, 0) is 38.1 Å². The molecular weight excluding hydrogens is 202 g/mol. The van der Waals surface area contributed by atoms with Crippen molar-refractivity contribution in [2.45, 2.75) is 18.8 Å². The highest BCUT2D eigenvalue weighted by Crippen LogP contribution is 2.29. The molecule has 1 saturated heterocycles. The third-order valence-corrected chi connectivity index (χ3v) is 3.16. The van der Waals surface area contributed by atoms with E-state index in [4.69, 9.17) is 10.2 Å². The minimum atomic E-state index is 0.438. The Labute approximate surface area is 93.8 Å². The van der Waals surface area contributed by atoms with Gasteiger partial charge in [-0.15, -0.1) is 0 Å². The van der Waals surface area contributed by atoms with E-state index in [1.54, 1.807) is 0 Å². The van der Waals surface area contributed by atoms with Crippen molar-refractivity contribution in [3.63, 3.8) is 0 Å². The van der Waals surface area contributed by atoms with Crippen LogP contribution in [-0.4, -0.2) is 18.1 Å². The first kappa shape index (κ1) is 9.66. The van der Waals surface area contributed by atoms with Crippen LogP contribution in [0.2, 0.25) is 0 Å². The van der Waals surface area contributed by atoms with Crippen molar-refractivity contribution in [1.29, 1.82) is 0 Å². The van der Waals surface area contributed by atoms with Crippen LogP contribution in [0.4, 0.5) is 5.69 Å². The number of nitrogens with zero attached hydrogens (tertiary/aromatic N) is 1. The van der Waals surface area contributed by atoms with E-state index < -0.39 is 0 Å². The molecule has 1 aliphatic rings. The molecule has 3 N–H and O–H groups in total. The Morgan fingerprint density at radius 3 is 2.88 bits per heavy atom. The van der Waals surface area contributed by atoms with E-state index in [0.29, 0.717) is 11.6 Å². The summed E-state index contributed by atoms with van der Waals surface area (Å²) >= 11 is 0. The fourth-order valence-corrected chi connectivity index (χ4v) is 2.23. The van der Waals surface area contributed by atoms with Gasteiger partial charge in [0.25, 0.3) is 0 Å². The minimum Gasteiger partial charge on any atom is -0.440 e. The lowest BCUT2D eigenvalue weighted by molar-refractivity contribution is 0.385. The molecule has 16 heavy (non-hydrogen) atoms. The molecule has 0 unspecified atom stereocenters. The van der Waals surface area contributed by atoms with Crippen molar-refractivity contribution in [2.75, 3.05) is 18.8 Å². The quantitative estimate of drug-likeness (QED) is 0.716. The van der Waals surface area contributed by atoms with Gasteiger partial charge in [-0.25, -0.2) is 4.98 Å². The highest BCUT2D eigenvalue weighted by atomic mass is 16.3. The molecule has 1 aromatic carbocycles. The highest BCUT2D eigenvalue weighted by molar-refractivity contribution is 5.85. The van der Waals surface area contributed by atoms with Crippen LogP contribution >= 0.6 is 0 Å². The van der Waals surface area contributed by atoms with Gasteiger partial charge in [-0.1, -0.05) is 6.07 Å². The molecule has 4 heteroatoms. The first-order valence-electron chi connectivity index (χ1n) is 5.70. The van der Waals surface area contributed by atoms with Crippen LogP contribution in [0.15, 0.2) is 22.6 Å². The van der Waals surface area contributed by atoms with Gasteiger partial charge in [0.2, 0.25) is 0 Å². The summed E-state index contributed by atoms with van der Waals surface area (Å²) in [6, 6.07) is 5.68. The molecule has 1 aromatic heterocycles. The summed E-state index contributed by atoms with van der Waals surface area (Å²) in [5.41, 5.74) is 8.16. The normalized spacial score (nSPS) is 18.0. The van der Waals surface area contributed by atoms with E-state index in [2.05, 4.69) is 10.3 Å². The molecule has 2 aromatic rings. The summed E-state index contributed by atoms with van der Waals surface area (Å²) in [5, 5.41) is 3.34. The number of aromatic nitrogens is 1. The van der Waals surface area contributed by atoms with Crippen molar-refractivity contribution in [1.82, 2.24) is 10.3 Å². The molecule has 84 valence electrons. The van der Waals surface area contributed by atoms with Gasteiger partial charge in [-0.3, -0.25) is 0 Å². The van der Waals surface area contributed by atoms with E-state index in [1.165, 1.54) is 0 Å². The first-order valence-corrected chi connectivity index (χ1v) is 5.70. The number of anilines is 1. The topological polar surface area (TPSA) is 64.1 Å². The van der Waals surface area contributed by atoms with Crippen molar-refractivity contribution >= 4 is 16.8 Å². The average molecular weight is 217 g/mol. The van der Waals surface area contributed by atoms with Crippen molar-refractivity contribution in [3.8, 4) is 0 Å². The van der Waals surface area contributed by atoms with E-state index in [9.17, 15) is 0 Å². The maximum absolute atomic E-state index is 5.86. The number of nitrogens with one attached hydrogen (secondary N) is 1. The van der Waals surface area contributed by atoms with Crippen LogP contribution in [0, 0.1) is 0 Å². The lowest BCUT2D eigenvalue weighted by Crippen LogP contribution is -2.26. The number of fused-ring (bicyclic) bond motifs is 1. The van der Waals surface area contributed by atoms with Crippen LogP contribution in [0.25, 0.3) is 11.1 Å². The summed E-state index contributed by atoms with van der Waals surface area (Å²) in [4.78, 5) is 4.52. The van der Waals surface area contributed by atoms with Gasteiger partial charge in [0.1, 0.15) is 5.52 Å². The average Bonchev–Trinajstić information content (AvgIpc) is 2.76. The van der Waals surface area contributed by atoms with Crippen LogP contribution in [-0.2, 0) is 0 Å². The Morgan fingerprint density at radius 2 is 2.12 bits per heavy atom. The standard InChI is InChI=1S/C12H15N3O/c13-9-2-1-3-10-11(9)15-12(16-10)8-4-6-14-7-5-8/h1-3,8,14H,4-7,13H2. The third kappa shape index (κ3) is 1.55. The number of hydrogen-bond acceptors (Lipinski definition) is 4. The molecule has 1 aliphatic heterocycles. The van der Waals surface area contributed by atoms with Crippen LogP contribution in [0.1, 0.15) is 24.7 Å². The molecule has 3 rings (SSSR count). The van der Waals surface area contributed by atoms with Gasteiger partial charge >= 0.3 is 0 Å². The van der Waals surface area contributed by atoms with Crippen LogP contribution in [0.3, 0.4) is 0 Å². The Hall–Kier alpha value is -1.55. The number of nitrogen functional groups attached to an aromatic ring is 1.